The largest absolute Gasteiger partial charge is 0.429 e. The molecule has 10 heteroatoms. The van der Waals surface area contributed by atoms with Crippen molar-refractivity contribution in [2.75, 3.05) is 0 Å². The monoisotopic (exact) mass is 460 g/mol. The van der Waals surface area contributed by atoms with Gasteiger partial charge in [-0.2, -0.15) is 8.78 Å². The molecule has 0 unspecified atom stereocenters. The highest BCUT2D eigenvalue weighted by Gasteiger charge is 2.65. The van der Waals surface area contributed by atoms with Crippen molar-refractivity contribution in [2.24, 2.45) is 5.92 Å². The van der Waals surface area contributed by atoms with Gasteiger partial charge in [-0.3, -0.25) is 0 Å². The smallest absolute Gasteiger partial charge is 0.429 e. The summed E-state index contributed by atoms with van der Waals surface area (Å²) in [6.45, 7) is 2.11. The van der Waals surface area contributed by atoms with E-state index >= 15 is 0 Å². The summed E-state index contributed by atoms with van der Waals surface area (Å²) >= 11 is 0. The molecule has 0 saturated heterocycles. The summed E-state index contributed by atoms with van der Waals surface area (Å²) < 4.78 is 111. The first-order chi connectivity index (χ1) is 13.5. The Balaban J connectivity index is 1.79. The average molecular weight is 460 g/mol. The molecule has 2 aromatic carbocycles. The van der Waals surface area contributed by atoms with Crippen LogP contribution in [-0.2, 0) is 6.11 Å². The lowest BCUT2D eigenvalue weighted by Crippen LogP contribution is -2.24. The summed E-state index contributed by atoms with van der Waals surface area (Å²) in [6, 6.07) is 3.88. The van der Waals surface area contributed by atoms with E-state index in [1.54, 1.807) is 0 Å². The van der Waals surface area contributed by atoms with Gasteiger partial charge >= 0.3 is 16.3 Å². The van der Waals surface area contributed by atoms with E-state index < -0.39 is 38.4 Å². The zero-order valence-electron chi connectivity index (χ0n) is 15.9. The molecule has 0 radical (unpaired) electrons. The van der Waals surface area contributed by atoms with E-state index in [0.29, 0.717) is 23.6 Å². The number of hydrogen-bond donors (Lipinski definition) is 0. The molecule has 30 heavy (non-hydrogen) atoms. The predicted molar refractivity (Wildman–Crippen MR) is 99.1 cm³/mol. The van der Waals surface area contributed by atoms with Crippen LogP contribution in [0, 0.1) is 11.7 Å². The van der Waals surface area contributed by atoms with Gasteiger partial charge in [-0.15, -0.1) is 0 Å². The fourth-order valence-electron chi connectivity index (χ4n) is 3.58. The van der Waals surface area contributed by atoms with Crippen LogP contribution in [0.4, 0.5) is 32.6 Å². The Hall–Kier alpha value is -1.97. The van der Waals surface area contributed by atoms with E-state index in [2.05, 4.69) is 11.7 Å². The lowest BCUT2D eigenvalue weighted by molar-refractivity contribution is -0.187. The van der Waals surface area contributed by atoms with Gasteiger partial charge in [0.05, 0.1) is 5.56 Å². The van der Waals surface area contributed by atoms with Crippen LogP contribution in [-0.4, -0.2) is 0 Å². The summed E-state index contributed by atoms with van der Waals surface area (Å²) in [5.41, 5.74) is -0.494. The van der Waals surface area contributed by atoms with Gasteiger partial charge in [0.2, 0.25) is 0 Å². The fraction of sp³-hybridized carbons (Fsp3) is 0.400. The molecular weight excluding hydrogens is 440 g/mol. The van der Waals surface area contributed by atoms with Gasteiger partial charge < -0.3 is 4.74 Å². The van der Waals surface area contributed by atoms with Gasteiger partial charge in [-0.25, -0.2) is 4.39 Å². The third-order valence-corrected chi connectivity index (χ3v) is 6.47. The average Bonchev–Trinajstić information content (AvgIpc) is 2.60. The zero-order valence-corrected chi connectivity index (χ0v) is 16.7. The molecule has 0 aromatic heterocycles. The highest BCUT2D eigenvalue weighted by atomic mass is 32.5. The van der Waals surface area contributed by atoms with Crippen molar-refractivity contribution in [1.29, 1.82) is 0 Å². The van der Waals surface area contributed by atoms with Gasteiger partial charge in [0, 0.05) is 0 Å². The summed E-state index contributed by atoms with van der Waals surface area (Å²) in [4.78, 5) is -2.23. The highest BCUT2D eigenvalue weighted by molar-refractivity contribution is 8.45. The fourth-order valence-corrected chi connectivity index (χ4v) is 4.23. The number of benzene rings is 2. The highest BCUT2D eigenvalue weighted by Crippen LogP contribution is 3.02. The van der Waals surface area contributed by atoms with Crippen LogP contribution >= 0.6 is 10.2 Å². The molecule has 168 valence electrons. The molecule has 0 spiro atoms. The molecule has 1 saturated carbocycles. The third-order valence-electron chi connectivity index (χ3n) is 5.31. The first-order valence-electron chi connectivity index (χ1n) is 9.26. The second-order valence-electron chi connectivity index (χ2n) is 7.76. The van der Waals surface area contributed by atoms with Crippen molar-refractivity contribution in [3.63, 3.8) is 0 Å². The maximum atomic E-state index is 14.4. The van der Waals surface area contributed by atoms with Crippen LogP contribution in [0.2, 0.25) is 0 Å². The molecule has 1 aliphatic carbocycles. The Labute approximate surface area is 168 Å². The van der Waals surface area contributed by atoms with Gasteiger partial charge in [0.25, 0.3) is 0 Å². The molecule has 0 bridgehead atoms. The second-order valence-corrected chi connectivity index (χ2v) is 10.2. The molecule has 0 atom stereocenters. The molecule has 3 rings (SSSR count). The number of halogens is 8. The Kier molecular flexibility index (Phi) is 5.12. The van der Waals surface area contributed by atoms with Crippen molar-refractivity contribution < 1.29 is 37.3 Å². The van der Waals surface area contributed by atoms with E-state index in [4.69, 9.17) is 0 Å². The molecule has 0 amide bonds. The Morgan fingerprint density at radius 2 is 1.43 bits per heavy atom. The van der Waals surface area contributed by atoms with E-state index in [1.807, 2.05) is 0 Å². The Morgan fingerprint density at radius 1 is 0.867 bits per heavy atom. The molecular formula is C20H20F8OS. The molecule has 2 aromatic rings. The van der Waals surface area contributed by atoms with Crippen LogP contribution in [0.5, 0.6) is 5.75 Å². The number of hydrogen-bond acceptors (Lipinski definition) is 1. The molecule has 0 heterocycles. The van der Waals surface area contributed by atoms with Crippen molar-refractivity contribution in [3.05, 3.63) is 59.4 Å². The number of alkyl halides is 2. The summed E-state index contributed by atoms with van der Waals surface area (Å²) in [6.07, 6.45) is -0.638. The summed E-state index contributed by atoms with van der Waals surface area (Å²) in [5, 5.41) is 0. The minimum absolute atomic E-state index is 0.0451. The van der Waals surface area contributed by atoms with Crippen molar-refractivity contribution in [1.82, 2.24) is 0 Å². The van der Waals surface area contributed by atoms with Crippen LogP contribution in [0.25, 0.3) is 0 Å². The van der Waals surface area contributed by atoms with Crippen molar-refractivity contribution >= 4 is 10.2 Å². The summed E-state index contributed by atoms with van der Waals surface area (Å²) in [7, 11) is -9.93. The third kappa shape index (κ3) is 5.19. The van der Waals surface area contributed by atoms with E-state index in [-0.39, 0.29) is 18.1 Å². The Bertz CT molecular complexity index is 917. The number of ether oxygens (including phenoxy) is 1. The van der Waals surface area contributed by atoms with Gasteiger partial charge in [0.15, 0.2) is 0 Å². The van der Waals surface area contributed by atoms with Gasteiger partial charge in [-0.1, -0.05) is 45.3 Å². The molecule has 0 N–H and O–H groups in total. The first-order valence-corrected chi connectivity index (χ1v) is 11.2. The normalized spacial score (nSPS) is 22.8. The molecule has 1 nitrogen and oxygen atoms in total. The quantitative estimate of drug-likeness (QED) is 0.405. The minimum atomic E-state index is -9.93. The second kappa shape index (κ2) is 6.77. The molecule has 0 aliphatic heterocycles. The molecule has 1 aliphatic rings. The minimum Gasteiger partial charge on any atom is -0.429 e. The van der Waals surface area contributed by atoms with Crippen LogP contribution in [0.15, 0.2) is 47.4 Å². The number of rotatable bonds is 5. The van der Waals surface area contributed by atoms with Crippen molar-refractivity contribution in [2.45, 2.75) is 49.5 Å². The lowest BCUT2D eigenvalue weighted by Gasteiger charge is -2.40. The lowest BCUT2D eigenvalue weighted by atomic mass is 9.79. The van der Waals surface area contributed by atoms with Gasteiger partial charge in [-0.05, 0) is 66.6 Å². The first kappa shape index (κ1) is 22.7. The van der Waals surface area contributed by atoms with Crippen LogP contribution in [0.3, 0.4) is 0 Å². The topological polar surface area (TPSA) is 9.23 Å². The zero-order chi connectivity index (χ0) is 22.4. The van der Waals surface area contributed by atoms with Crippen LogP contribution < -0.4 is 4.74 Å². The SMILES string of the molecule is CC1CCC(c2ccc(C(F)(F)Oc3ccc(S(F)(F)(F)(F)F)cc3)c(F)c2)CC1. The maximum Gasteiger partial charge on any atom is 0.429 e. The molecule has 1 fully saturated rings. The van der Waals surface area contributed by atoms with Crippen molar-refractivity contribution in [3.8, 4) is 5.75 Å². The van der Waals surface area contributed by atoms with E-state index in [0.717, 1.165) is 37.8 Å². The predicted octanol–water partition coefficient (Wildman–Crippen LogP) is 8.91. The standard InChI is InChI=1S/C20H20F8OS/c1-13-2-4-14(5-3-13)15-6-11-18(19(21)12-15)20(22,23)29-16-7-9-17(10-8-16)30(24,25,26,27)28/h6-14H,2-5H2,1H3. The Morgan fingerprint density at radius 3 is 1.93 bits per heavy atom. The van der Waals surface area contributed by atoms with Crippen LogP contribution in [0.1, 0.15) is 49.7 Å². The van der Waals surface area contributed by atoms with E-state index in [1.165, 1.54) is 6.07 Å². The van der Waals surface area contributed by atoms with E-state index in [9.17, 15) is 32.6 Å². The van der Waals surface area contributed by atoms with Gasteiger partial charge in [0.1, 0.15) is 16.5 Å². The summed E-state index contributed by atoms with van der Waals surface area (Å²) in [5.74, 6) is -1.39. The maximum absolute atomic E-state index is 14.4.